The van der Waals surface area contributed by atoms with Crippen LogP contribution >= 0.6 is 0 Å². The number of methoxy groups -OCH3 is 1. The molecule has 1 aromatic carbocycles. The molecule has 0 saturated carbocycles. The van der Waals surface area contributed by atoms with E-state index in [4.69, 9.17) is 10.5 Å². The molecule has 0 amide bonds. The molecule has 0 aliphatic heterocycles. The van der Waals surface area contributed by atoms with Crippen LogP contribution in [0.4, 0.5) is 0 Å². The second kappa shape index (κ2) is 6.72. The summed E-state index contributed by atoms with van der Waals surface area (Å²) in [5, 5.41) is 0. The standard InChI is InChI=1S/C14H17NO2/c1-3-4-12(15)7-10-14(16)11-5-8-13(17-2)9-6-11/h5-6,8-9,12H,3-4,15H2,1-2H3. The third kappa shape index (κ3) is 4.29. The molecule has 0 spiro atoms. The van der Waals surface area contributed by atoms with E-state index in [9.17, 15) is 4.79 Å². The number of Topliss-reactive ketones (excluding diaryl/α,β-unsaturated/α-hetero) is 1. The molecule has 0 bridgehead atoms. The molecule has 0 fully saturated rings. The first-order chi connectivity index (χ1) is 8.17. The first-order valence-electron chi connectivity index (χ1n) is 5.63. The van der Waals surface area contributed by atoms with Crippen LogP contribution < -0.4 is 10.5 Å². The minimum atomic E-state index is -0.220. The van der Waals surface area contributed by atoms with E-state index in [0.29, 0.717) is 5.56 Å². The largest absolute Gasteiger partial charge is 0.497 e. The maximum atomic E-state index is 11.7. The molecule has 3 heteroatoms. The van der Waals surface area contributed by atoms with E-state index in [1.165, 1.54) is 0 Å². The van der Waals surface area contributed by atoms with Gasteiger partial charge in [-0.2, -0.15) is 0 Å². The second-order valence-corrected chi connectivity index (χ2v) is 3.72. The van der Waals surface area contributed by atoms with Crippen molar-refractivity contribution in [2.75, 3.05) is 7.11 Å². The van der Waals surface area contributed by atoms with Crippen molar-refractivity contribution < 1.29 is 9.53 Å². The van der Waals surface area contributed by atoms with Crippen molar-refractivity contribution in [1.82, 2.24) is 0 Å². The topological polar surface area (TPSA) is 52.3 Å². The molecule has 0 aromatic heterocycles. The van der Waals surface area contributed by atoms with Gasteiger partial charge in [0.2, 0.25) is 5.78 Å². The van der Waals surface area contributed by atoms with E-state index in [2.05, 4.69) is 11.8 Å². The smallest absolute Gasteiger partial charge is 0.235 e. The summed E-state index contributed by atoms with van der Waals surface area (Å²) in [4.78, 5) is 11.7. The number of ether oxygens (including phenoxy) is 1. The summed E-state index contributed by atoms with van der Waals surface area (Å²) in [6.07, 6.45) is 1.77. The summed E-state index contributed by atoms with van der Waals surface area (Å²) in [6, 6.07) is 6.65. The highest BCUT2D eigenvalue weighted by Gasteiger charge is 2.02. The van der Waals surface area contributed by atoms with E-state index in [-0.39, 0.29) is 11.8 Å². The maximum absolute atomic E-state index is 11.7. The van der Waals surface area contributed by atoms with Crippen molar-refractivity contribution in [3.8, 4) is 17.6 Å². The van der Waals surface area contributed by atoms with Crippen molar-refractivity contribution in [3.05, 3.63) is 29.8 Å². The molecule has 1 unspecified atom stereocenters. The third-order valence-corrected chi connectivity index (χ3v) is 2.32. The molecule has 90 valence electrons. The van der Waals surface area contributed by atoms with E-state index in [0.717, 1.165) is 18.6 Å². The average Bonchev–Trinajstić information content (AvgIpc) is 2.36. The minimum Gasteiger partial charge on any atom is -0.497 e. The highest BCUT2D eigenvalue weighted by atomic mass is 16.5. The summed E-state index contributed by atoms with van der Waals surface area (Å²) in [5.74, 6) is 5.83. The molecule has 1 atom stereocenters. The molecule has 0 radical (unpaired) electrons. The van der Waals surface area contributed by atoms with Gasteiger partial charge < -0.3 is 10.5 Å². The number of hydrogen-bond donors (Lipinski definition) is 1. The monoisotopic (exact) mass is 231 g/mol. The zero-order valence-electron chi connectivity index (χ0n) is 10.2. The fourth-order valence-corrected chi connectivity index (χ4v) is 1.36. The number of hydrogen-bond acceptors (Lipinski definition) is 3. The van der Waals surface area contributed by atoms with Gasteiger partial charge in [0.05, 0.1) is 13.2 Å². The van der Waals surface area contributed by atoms with Crippen LogP contribution in [0.25, 0.3) is 0 Å². The first kappa shape index (κ1) is 13.3. The van der Waals surface area contributed by atoms with Gasteiger partial charge in [-0.15, -0.1) is 0 Å². The van der Waals surface area contributed by atoms with Gasteiger partial charge in [-0.3, -0.25) is 4.79 Å². The number of carbonyl (C=O) groups is 1. The molecule has 0 saturated heterocycles. The van der Waals surface area contributed by atoms with Crippen LogP contribution in [-0.4, -0.2) is 18.9 Å². The van der Waals surface area contributed by atoms with Crippen LogP contribution in [0.5, 0.6) is 5.75 Å². The molecule has 2 N–H and O–H groups in total. The Balaban J connectivity index is 2.69. The molecule has 0 aliphatic rings. The van der Waals surface area contributed by atoms with Gasteiger partial charge in [-0.05, 0) is 36.6 Å². The normalized spacial score (nSPS) is 11.2. The van der Waals surface area contributed by atoms with Crippen LogP contribution in [0.1, 0.15) is 30.1 Å². The van der Waals surface area contributed by atoms with Crippen molar-refractivity contribution in [2.45, 2.75) is 25.8 Å². The molecular formula is C14H17NO2. The molecular weight excluding hydrogens is 214 g/mol. The Morgan fingerprint density at radius 1 is 1.41 bits per heavy atom. The zero-order chi connectivity index (χ0) is 12.7. The van der Waals surface area contributed by atoms with Gasteiger partial charge in [0.15, 0.2) is 0 Å². The van der Waals surface area contributed by atoms with Gasteiger partial charge in [0.25, 0.3) is 0 Å². The Morgan fingerprint density at radius 2 is 2.06 bits per heavy atom. The highest BCUT2D eigenvalue weighted by molar-refractivity contribution is 6.09. The van der Waals surface area contributed by atoms with Crippen LogP contribution in [0.15, 0.2) is 24.3 Å². The Kier molecular flexibility index (Phi) is 5.25. The predicted molar refractivity (Wildman–Crippen MR) is 68.0 cm³/mol. The Hall–Kier alpha value is -1.79. The number of nitrogens with two attached hydrogens (primary N) is 1. The maximum Gasteiger partial charge on any atom is 0.235 e. The van der Waals surface area contributed by atoms with Gasteiger partial charge in [0, 0.05) is 5.56 Å². The van der Waals surface area contributed by atoms with Gasteiger partial charge >= 0.3 is 0 Å². The number of rotatable bonds is 4. The van der Waals surface area contributed by atoms with E-state index >= 15 is 0 Å². The second-order valence-electron chi connectivity index (χ2n) is 3.72. The summed E-state index contributed by atoms with van der Waals surface area (Å²) in [6.45, 7) is 2.03. The average molecular weight is 231 g/mol. The van der Waals surface area contributed by atoms with Crippen LogP contribution in [0.2, 0.25) is 0 Å². The molecule has 0 heterocycles. The lowest BCUT2D eigenvalue weighted by atomic mass is 10.1. The van der Waals surface area contributed by atoms with Gasteiger partial charge in [-0.1, -0.05) is 19.3 Å². The van der Waals surface area contributed by atoms with Gasteiger partial charge in [-0.25, -0.2) is 0 Å². The number of carbonyl (C=O) groups excluding carboxylic acids is 1. The Bertz CT molecular complexity index is 426. The fraction of sp³-hybridized carbons (Fsp3) is 0.357. The quantitative estimate of drug-likeness (QED) is 0.490. The highest BCUT2D eigenvalue weighted by Crippen LogP contribution is 2.11. The zero-order valence-corrected chi connectivity index (χ0v) is 10.2. The van der Waals surface area contributed by atoms with Gasteiger partial charge in [0.1, 0.15) is 5.75 Å². The van der Waals surface area contributed by atoms with Crippen LogP contribution in [0.3, 0.4) is 0 Å². The van der Waals surface area contributed by atoms with Crippen molar-refractivity contribution in [2.24, 2.45) is 5.73 Å². The first-order valence-corrected chi connectivity index (χ1v) is 5.63. The number of benzene rings is 1. The summed E-state index contributed by atoms with van der Waals surface area (Å²) in [7, 11) is 1.58. The summed E-state index contributed by atoms with van der Waals surface area (Å²) in [5.41, 5.74) is 6.27. The SMILES string of the molecule is CCCC(N)C#CC(=O)c1ccc(OC)cc1. The lowest BCUT2D eigenvalue weighted by Gasteiger charge is -2.00. The molecule has 17 heavy (non-hydrogen) atoms. The van der Waals surface area contributed by atoms with Crippen molar-refractivity contribution >= 4 is 5.78 Å². The fourth-order valence-electron chi connectivity index (χ4n) is 1.36. The van der Waals surface area contributed by atoms with E-state index in [1.54, 1.807) is 31.4 Å². The third-order valence-electron chi connectivity index (χ3n) is 2.32. The lowest BCUT2D eigenvalue weighted by Crippen LogP contribution is -2.17. The van der Waals surface area contributed by atoms with Crippen LogP contribution in [0, 0.1) is 11.8 Å². The van der Waals surface area contributed by atoms with E-state index in [1.807, 2.05) is 6.92 Å². The summed E-state index contributed by atoms with van der Waals surface area (Å²) >= 11 is 0. The van der Waals surface area contributed by atoms with E-state index < -0.39 is 0 Å². The molecule has 1 aromatic rings. The lowest BCUT2D eigenvalue weighted by molar-refractivity contribution is 0.105. The Morgan fingerprint density at radius 3 is 2.59 bits per heavy atom. The molecule has 3 nitrogen and oxygen atoms in total. The molecule has 1 rings (SSSR count). The number of ketones is 1. The minimum absolute atomic E-state index is 0.209. The van der Waals surface area contributed by atoms with Crippen LogP contribution in [-0.2, 0) is 0 Å². The summed E-state index contributed by atoms with van der Waals surface area (Å²) < 4.78 is 5.01. The van der Waals surface area contributed by atoms with Crippen molar-refractivity contribution in [3.63, 3.8) is 0 Å². The Labute approximate surface area is 102 Å². The predicted octanol–water partition coefficient (Wildman–Crippen LogP) is 2.01. The molecule has 0 aliphatic carbocycles. The van der Waals surface area contributed by atoms with Crippen molar-refractivity contribution in [1.29, 1.82) is 0 Å².